The third kappa shape index (κ3) is 6.24. The molecule has 0 radical (unpaired) electrons. The summed E-state index contributed by atoms with van der Waals surface area (Å²) in [5, 5.41) is 3.62. The van der Waals surface area contributed by atoms with E-state index in [1.807, 2.05) is 0 Å². The molecule has 114 valence electrons. The molecule has 3 atom stereocenters. The van der Waals surface area contributed by atoms with Gasteiger partial charge in [0.25, 0.3) is 0 Å². The second kappa shape index (κ2) is 7.61. The summed E-state index contributed by atoms with van der Waals surface area (Å²) in [4.78, 5) is 2.59. The molecule has 3 heteroatoms. The highest BCUT2D eigenvalue weighted by Gasteiger charge is 2.30. The lowest BCUT2D eigenvalue weighted by molar-refractivity contribution is -0.0772. The van der Waals surface area contributed by atoms with E-state index in [2.05, 4.69) is 51.8 Å². The molecule has 1 saturated heterocycles. The molecule has 0 saturated carbocycles. The number of nitrogens with zero attached hydrogens (tertiary/aromatic N) is 1. The molecule has 1 aliphatic heterocycles. The van der Waals surface area contributed by atoms with Gasteiger partial charge in [-0.1, -0.05) is 34.1 Å². The van der Waals surface area contributed by atoms with E-state index in [1.165, 1.54) is 19.4 Å². The molecule has 1 N–H and O–H groups in total. The zero-order chi connectivity index (χ0) is 14.5. The topological polar surface area (TPSA) is 24.5 Å². The lowest BCUT2D eigenvalue weighted by Crippen LogP contribution is -2.51. The fraction of sp³-hybridized carbons (Fsp3) is 1.00. The largest absolute Gasteiger partial charge is 0.373 e. The first-order chi connectivity index (χ1) is 8.84. The van der Waals surface area contributed by atoms with Crippen molar-refractivity contribution in [2.75, 3.05) is 26.2 Å². The third-order valence-corrected chi connectivity index (χ3v) is 3.89. The lowest BCUT2D eigenvalue weighted by atomic mass is 9.84. The Bertz CT molecular complexity index is 247. The van der Waals surface area contributed by atoms with Gasteiger partial charge in [-0.15, -0.1) is 0 Å². The minimum Gasteiger partial charge on any atom is -0.373 e. The van der Waals surface area contributed by atoms with E-state index in [0.29, 0.717) is 23.7 Å². The Balaban J connectivity index is 2.55. The molecule has 1 fully saturated rings. The molecule has 0 amide bonds. The quantitative estimate of drug-likeness (QED) is 0.770. The minimum atomic E-state index is 0.368. The summed E-state index contributed by atoms with van der Waals surface area (Å²) >= 11 is 0. The van der Waals surface area contributed by atoms with Crippen molar-refractivity contribution in [3.05, 3.63) is 0 Å². The van der Waals surface area contributed by atoms with Gasteiger partial charge in [-0.25, -0.2) is 0 Å². The van der Waals surface area contributed by atoms with Crippen LogP contribution >= 0.6 is 0 Å². The van der Waals surface area contributed by atoms with Crippen LogP contribution in [0.5, 0.6) is 0 Å². The SMILES string of the molecule is CCCC(C)(CNC(C)C)CN1CC(C)OC(C)C1. The zero-order valence-corrected chi connectivity index (χ0v) is 13.8. The Morgan fingerprint density at radius 2 is 1.84 bits per heavy atom. The fourth-order valence-corrected chi connectivity index (χ4v) is 3.23. The van der Waals surface area contributed by atoms with Gasteiger partial charge < -0.3 is 10.1 Å². The van der Waals surface area contributed by atoms with Gasteiger partial charge in [-0.3, -0.25) is 4.90 Å². The first-order valence-corrected chi connectivity index (χ1v) is 7.96. The Hall–Kier alpha value is -0.120. The molecule has 0 aliphatic carbocycles. The molecule has 3 unspecified atom stereocenters. The number of rotatable bonds is 7. The van der Waals surface area contributed by atoms with Gasteiger partial charge in [0.15, 0.2) is 0 Å². The van der Waals surface area contributed by atoms with Crippen LogP contribution in [0.2, 0.25) is 0 Å². The Morgan fingerprint density at radius 1 is 1.26 bits per heavy atom. The Morgan fingerprint density at radius 3 is 2.32 bits per heavy atom. The van der Waals surface area contributed by atoms with Crippen LogP contribution in [0.15, 0.2) is 0 Å². The molecule has 0 bridgehead atoms. The Labute approximate surface area is 120 Å². The van der Waals surface area contributed by atoms with Crippen molar-refractivity contribution >= 4 is 0 Å². The van der Waals surface area contributed by atoms with E-state index in [1.54, 1.807) is 0 Å². The van der Waals surface area contributed by atoms with Crippen LogP contribution in [-0.2, 0) is 4.74 Å². The summed E-state index contributed by atoms with van der Waals surface area (Å²) in [6.45, 7) is 18.0. The van der Waals surface area contributed by atoms with E-state index >= 15 is 0 Å². The maximum Gasteiger partial charge on any atom is 0.0678 e. The van der Waals surface area contributed by atoms with Crippen molar-refractivity contribution in [2.45, 2.75) is 72.6 Å². The number of hydrogen-bond donors (Lipinski definition) is 1. The average molecular weight is 270 g/mol. The molecule has 0 aromatic carbocycles. The molecular formula is C16H34N2O. The fourth-order valence-electron chi connectivity index (χ4n) is 3.23. The van der Waals surface area contributed by atoms with Crippen LogP contribution in [0, 0.1) is 5.41 Å². The van der Waals surface area contributed by atoms with Crippen molar-refractivity contribution in [1.29, 1.82) is 0 Å². The van der Waals surface area contributed by atoms with Crippen LogP contribution < -0.4 is 5.32 Å². The van der Waals surface area contributed by atoms with E-state index in [0.717, 1.165) is 19.6 Å². The molecule has 19 heavy (non-hydrogen) atoms. The minimum absolute atomic E-state index is 0.368. The molecule has 1 rings (SSSR count). The zero-order valence-electron chi connectivity index (χ0n) is 13.8. The smallest absolute Gasteiger partial charge is 0.0678 e. The van der Waals surface area contributed by atoms with Crippen molar-refractivity contribution in [3.63, 3.8) is 0 Å². The van der Waals surface area contributed by atoms with Crippen LogP contribution in [0.3, 0.4) is 0 Å². The van der Waals surface area contributed by atoms with Crippen molar-refractivity contribution in [1.82, 2.24) is 10.2 Å². The second-order valence-electron chi connectivity index (χ2n) is 7.05. The molecule has 1 heterocycles. The molecule has 1 aliphatic rings. The molecule has 0 aromatic heterocycles. The van der Waals surface area contributed by atoms with E-state index in [4.69, 9.17) is 4.74 Å². The first kappa shape index (κ1) is 16.9. The molecule has 0 aromatic rings. The van der Waals surface area contributed by atoms with Crippen LogP contribution in [0.25, 0.3) is 0 Å². The Kier molecular flexibility index (Phi) is 6.78. The summed E-state index contributed by atoms with van der Waals surface area (Å²) in [5.74, 6) is 0. The normalized spacial score (nSPS) is 28.6. The number of ether oxygens (including phenoxy) is 1. The van der Waals surface area contributed by atoms with Crippen LogP contribution in [0.1, 0.15) is 54.4 Å². The van der Waals surface area contributed by atoms with Crippen LogP contribution in [-0.4, -0.2) is 49.3 Å². The van der Waals surface area contributed by atoms with E-state index in [-0.39, 0.29) is 0 Å². The maximum absolute atomic E-state index is 5.83. The van der Waals surface area contributed by atoms with Crippen molar-refractivity contribution < 1.29 is 4.74 Å². The molecule has 3 nitrogen and oxygen atoms in total. The van der Waals surface area contributed by atoms with Gasteiger partial charge in [0.2, 0.25) is 0 Å². The second-order valence-corrected chi connectivity index (χ2v) is 7.05. The van der Waals surface area contributed by atoms with E-state index in [9.17, 15) is 0 Å². The third-order valence-electron chi connectivity index (χ3n) is 3.89. The van der Waals surface area contributed by atoms with Gasteiger partial charge in [0.05, 0.1) is 12.2 Å². The predicted octanol–water partition coefficient (Wildman–Crippen LogP) is 2.90. The average Bonchev–Trinajstić information content (AvgIpc) is 2.25. The number of morpholine rings is 1. The first-order valence-electron chi connectivity index (χ1n) is 7.96. The summed E-state index contributed by atoms with van der Waals surface area (Å²) in [7, 11) is 0. The van der Waals surface area contributed by atoms with Gasteiger partial charge in [-0.05, 0) is 25.7 Å². The van der Waals surface area contributed by atoms with Gasteiger partial charge in [0.1, 0.15) is 0 Å². The lowest BCUT2D eigenvalue weighted by Gasteiger charge is -2.41. The van der Waals surface area contributed by atoms with E-state index < -0.39 is 0 Å². The monoisotopic (exact) mass is 270 g/mol. The van der Waals surface area contributed by atoms with Gasteiger partial charge in [-0.2, -0.15) is 0 Å². The molecule has 0 spiro atoms. The highest BCUT2D eigenvalue weighted by Crippen LogP contribution is 2.26. The summed E-state index contributed by atoms with van der Waals surface area (Å²) < 4.78 is 5.83. The number of hydrogen-bond acceptors (Lipinski definition) is 3. The summed E-state index contributed by atoms with van der Waals surface area (Å²) in [5.41, 5.74) is 0.371. The van der Waals surface area contributed by atoms with Crippen molar-refractivity contribution in [3.8, 4) is 0 Å². The highest BCUT2D eigenvalue weighted by molar-refractivity contribution is 4.84. The molecular weight excluding hydrogens is 236 g/mol. The maximum atomic E-state index is 5.83. The van der Waals surface area contributed by atoms with Crippen LogP contribution in [0.4, 0.5) is 0 Å². The highest BCUT2D eigenvalue weighted by atomic mass is 16.5. The predicted molar refractivity (Wildman–Crippen MR) is 82.6 cm³/mol. The van der Waals surface area contributed by atoms with Gasteiger partial charge >= 0.3 is 0 Å². The summed E-state index contributed by atoms with van der Waals surface area (Å²) in [6.07, 6.45) is 3.28. The number of nitrogens with one attached hydrogen (secondary N) is 1. The van der Waals surface area contributed by atoms with Gasteiger partial charge in [0, 0.05) is 32.2 Å². The van der Waals surface area contributed by atoms with Crippen molar-refractivity contribution in [2.24, 2.45) is 5.41 Å². The summed E-state index contributed by atoms with van der Waals surface area (Å²) in [6, 6.07) is 0.568. The standard InChI is InChI=1S/C16H34N2O/c1-7-8-16(6,11-17-13(2)3)12-18-9-14(4)19-15(5)10-18/h13-15,17H,7-12H2,1-6H3.